The Bertz CT molecular complexity index is 1750. The number of nitrogens with zero attached hydrogens (tertiary/aromatic N) is 5. The summed E-state index contributed by atoms with van der Waals surface area (Å²) in [6, 6.07) is 8.90. The van der Waals surface area contributed by atoms with Crippen LogP contribution in [-0.4, -0.2) is 54.0 Å². The zero-order valence-electron chi connectivity index (χ0n) is 19.9. The van der Waals surface area contributed by atoms with E-state index in [1.165, 1.54) is 30.6 Å². The summed E-state index contributed by atoms with van der Waals surface area (Å²) in [6.07, 6.45) is 6.26. The number of piperidine rings is 1. The van der Waals surface area contributed by atoms with Crippen LogP contribution in [0.15, 0.2) is 57.4 Å². The highest BCUT2D eigenvalue weighted by molar-refractivity contribution is 7.99. The van der Waals surface area contributed by atoms with Crippen LogP contribution in [0.2, 0.25) is 5.02 Å². The third-order valence-corrected chi connectivity index (χ3v) is 7.75. The van der Waals surface area contributed by atoms with Crippen molar-refractivity contribution in [3.05, 3.63) is 63.7 Å². The molecule has 0 bridgehead atoms. The van der Waals surface area contributed by atoms with E-state index in [2.05, 4.69) is 35.1 Å². The lowest BCUT2D eigenvalue weighted by Gasteiger charge is -2.25. The second-order valence-corrected chi connectivity index (χ2v) is 10.2. The molecule has 13 heteroatoms. The Morgan fingerprint density at radius 3 is 2.68 bits per heavy atom. The predicted molar refractivity (Wildman–Crippen MR) is 145 cm³/mol. The van der Waals surface area contributed by atoms with Crippen molar-refractivity contribution in [3.63, 3.8) is 0 Å². The fourth-order valence-electron chi connectivity index (χ4n) is 4.37. The lowest BCUT2D eigenvalue weighted by Crippen LogP contribution is -2.30. The van der Waals surface area contributed by atoms with Crippen LogP contribution < -0.4 is 15.8 Å². The number of hydrogen-bond donors (Lipinski definition) is 4. The summed E-state index contributed by atoms with van der Waals surface area (Å²) < 4.78 is 0. The van der Waals surface area contributed by atoms with Gasteiger partial charge in [0.05, 0.1) is 10.7 Å². The number of carbonyl (C=O) groups is 1. The topological polar surface area (TPSA) is 153 Å². The smallest absolute Gasteiger partial charge is 0.266 e. The minimum atomic E-state index is -0.831. The molecule has 6 rings (SSSR count). The highest BCUT2D eigenvalue weighted by Gasteiger charge is 2.22. The number of imidazole rings is 1. The predicted octanol–water partition coefficient (Wildman–Crippen LogP) is 4.34. The molecule has 0 saturated carbocycles. The second-order valence-electron chi connectivity index (χ2n) is 8.73. The van der Waals surface area contributed by atoms with Gasteiger partial charge in [-0.3, -0.25) is 9.59 Å². The Balaban J connectivity index is 1.25. The van der Waals surface area contributed by atoms with Gasteiger partial charge in [0.2, 0.25) is 5.95 Å². The van der Waals surface area contributed by atoms with Crippen LogP contribution in [-0.2, 0) is 0 Å². The van der Waals surface area contributed by atoms with Crippen molar-refractivity contribution in [2.75, 3.05) is 23.3 Å². The van der Waals surface area contributed by atoms with Gasteiger partial charge in [0.15, 0.2) is 17.0 Å². The van der Waals surface area contributed by atoms with Crippen molar-refractivity contribution in [1.29, 1.82) is 0 Å². The molecule has 5 aromatic rings. The van der Waals surface area contributed by atoms with Crippen LogP contribution in [0.1, 0.15) is 29.6 Å². The number of aromatic nitrogens is 6. The number of aromatic amines is 2. The van der Waals surface area contributed by atoms with Gasteiger partial charge in [0.25, 0.3) is 11.5 Å². The molecule has 4 aromatic heterocycles. The maximum atomic E-state index is 13.0. The molecule has 192 valence electrons. The zero-order valence-corrected chi connectivity index (χ0v) is 21.4. The van der Waals surface area contributed by atoms with Crippen LogP contribution in [0, 0.1) is 0 Å². The molecule has 0 spiro atoms. The van der Waals surface area contributed by atoms with Gasteiger partial charge in [-0.05, 0) is 43.5 Å². The van der Waals surface area contributed by atoms with Crippen LogP contribution in [0.5, 0.6) is 5.75 Å². The molecule has 1 aliphatic heterocycles. The number of anilines is 2. The first-order valence-electron chi connectivity index (χ1n) is 11.9. The van der Waals surface area contributed by atoms with E-state index >= 15 is 0 Å². The average Bonchev–Trinajstić information content (AvgIpc) is 3.35. The fraction of sp³-hybridized carbons (Fsp3) is 0.200. The van der Waals surface area contributed by atoms with E-state index in [9.17, 15) is 14.7 Å². The molecule has 1 saturated heterocycles. The number of hydrogen-bond acceptors (Lipinski definition) is 9. The summed E-state index contributed by atoms with van der Waals surface area (Å²) in [6.45, 7) is 1.96. The minimum Gasteiger partial charge on any atom is -0.505 e. The van der Waals surface area contributed by atoms with Crippen molar-refractivity contribution in [2.45, 2.75) is 29.2 Å². The van der Waals surface area contributed by atoms with Crippen LogP contribution in [0.25, 0.3) is 22.3 Å². The largest absolute Gasteiger partial charge is 0.505 e. The average molecular weight is 549 g/mol. The van der Waals surface area contributed by atoms with Gasteiger partial charge in [-0.25, -0.2) is 19.9 Å². The number of amides is 1. The van der Waals surface area contributed by atoms with Crippen molar-refractivity contribution in [3.8, 4) is 5.75 Å². The Kier molecular flexibility index (Phi) is 6.34. The number of nitrogens with one attached hydrogen (secondary N) is 3. The van der Waals surface area contributed by atoms with Gasteiger partial charge in [-0.2, -0.15) is 0 Å². The van der Waals surface area contributed by atoms with Crippen molar-refractivity contribution in [1.82, 2.24) is 29.9 Å². The van der Waals surface area contributed by atoms with Crippen molar-refractivity contribution < 1.29 is 9.90 Å². The summed E-state index contributed by atoms with van der Waals surface area (Å²) in [5.74, 6) is -0.561. The molecule has 11 nitrogen and oxygen atoms in total. The highest BCUT2D eigenvalue weighted by atomic mass is 35.5. The second kappa shape index (κ2) is 9.95. The first kappa shape index (κ1) is 24.2. The number of halogens is 1. The van der Waals surface area contributed by atoms with Crippen molar-refractivity contribution in [2.24, 2.45) is 0 Å². The third kappa shape index (κ3) is 4.52. The van der Waals surface area contributed by atoms with E-state index in [1.807, 2.05) is 12.1 Å². The van der Waals surface area contributed by atoms with Crippen LogP contribution in [0.4, 0.5) is 11.6 Å². The van der Waals surface area contributed by atoms with Crippen molar-refractivity contribution >= 4 is 63.2 Å². The molecule has 0 atom stereocenters. The maximum Gasteiger partial charge on any atom is 0.266 e. The first-order valence-corrected chi connectivity index (χ1v) is 13.1. The van der Waals surface area contributed by atoms with E-state index < -0.39 is 22.8 Å². The number of carbonyl (C=O) groups excluding carboxylic acids is 1. The zero-order chi connectivity index (χ0) is 26.2. The first-order chi connectivity index (χ1) is 18.5. The minimum absolute atomic E-state index is 0.0105. The van der Waals surface area contributed by atoms with Gasteiger partial charge >= 0.3 is 0 Å². The lowest BCUT2D eigenvalue weighted by molar-refractivity contribution is 0.102. The lowest BCUT2D eigenvalue weighted by atomic mass is 10.1. The molecule has 5 heterocycles. The van der Waals surface area contributed by atoms with E-state index in [0.717, 1.165) is 37.4 Å². The summed E-state index contributed by atoms with van der Waals surface area (Å²) in [4.78, 5) is 51.4. The molecule has 1 fully saturated rings. The monoisotopic (exact) mass is 548 g/mol. The number of fused-ring (bicyclic) bond motifs is 2. The number of H-pyrrole nitrogens is 2. The van der Waals surface area contributed by atoms with E-state index in [4.69, 9.17) is 16.6 Å². The molecule has 0 aliphatic carbocycles. The van der Waals surface area contributed by atoms with Gasteiger partial charge in [-0.15, -0.1) is 0 Å². The summed E-state index contributed by atoms with van der Waals surface area (Å²) in [5.41, 5.74) is 0.551. The van der Waals surface area contributed by atoms with Crippen LogP contribution in [0.3, 0.4) is 0 Å². The van der Waals surface area contributed by atoms with Crippen LogP contribution >= 0.6 is 23.4 Å². The maximum absolute atomic E-state index is 13.0. The molecule has 0 radical (unpaired) electrons. The normalized spacial score (nSPS) is 13.8. The summed E-state index contributed by atoms with van der Waals surface area (Å²) in [5, 5.41) is 14.1. The summed E-state index contributed by atoms with van der Waals surface area (Å²) >= 11 is 7.96. The third-order valence-electron chi connectivity index (χ3n) is 6.23. The number of pyridine rings is 2. The fourth-order valence-corrected chi connectivity index (χ4v) is 5.50. The Morgan fingerprint density at radius 2 is 1.84 bits per heavy atom. The van der Waals surface area contributed by atoms with E-state index in [-0.39, 0.29) is 21.9 Å². The molecular weight excluding hydrogens is 528 g/mol. The Morgan fingerprint density at radius 1 is 1.03 bits per heavy atom. The number of rotatable bonds is 5. The quantitative estimate of drug-likeness (QED) is 0.251. The molecule has 1 aliphatic rings. The molecule has 1 amide bonds. The van der Waals surface area contributed by atoms with Gasteiger partial charge in [-0.1, -0.05) is 29.4 Å². The van der Waals surface area contributed by atoms with E-state index in [1.54, 1.807) is 18.2 Å². The van der Waals surface area contributed by atoms with Gasteiger partial charge in [0, 0.05) is 30.4 Å². The number of benzene rings is 1. The van der Waals surface area contributed by atoms with Gasteiger partial charge < -0.3 is 25.3 Å². The molecule has 4 N–H and O–H groups in total. The molecular formula is C25H21ClN8O3S. The number of aromatic hydroxyl groups is 1. The Labute approximate surface area is 224 Å². The standard InChI is InChI=1S/C25H21ClN8O3S/c26-18-13(29-23(36)17-20(35)19-22(32-24(17)37)28-10-9-27-19)5-4-6-15(18)38-16-8-7-14-21(31-16)33-25(30-14)34-11-2-1-3-12-34/h4-10H,1-3,11-12H2,(H,29,36)(H,30,31,33)(H2,28,32,35,37). The molecule has 1 aromatic carbocycles. The molecule has 38 heavy (non-hydrogen) atoms. The molecule has 0 unspecified atom stereocenters. The van der Waals surface area contributed by atoms with Gasteiger partial charge in [0.1, 0.15) is 21.6 Å². The van der Waals surface area contributed by atoms with E-state index in [0.29, 0.717) is 15.6 Å². The Hall–Kier alpha value is -4.16. The summed E-state index contributed by atoms with van der Waals surface area (Å²) in [7, 11) is 0. The SMILES string of the molecule is O=C(Nc1cccc(Sc2ccc3nc(N4CCCCC4)[nH]c3n2)c1Cl)c1c(O)c2nccnc2[nH]c1=O. The highest BCUT2D eigenvalue weighted by Crippen LogP contribution is 2.37.